The second kappa shape index (κ2) is 6.92. The molecule has 0 aliphatic rings. The Bertz CT molecular complexity index is 749. The second-order valence-electron chi connectivity index (χ2n) is 5.48. The highest BCUT2D eigenvalue weighted by atomic mass is 16.1. The van der Waals surface area contributed by atoms with Crippen LogP contribution < -0.4 is 5.32 Å². The van der Waals surface area contributed by atoms with E-state index in [1.807, 2.05) is 78.5 Å². The topological polar surface area (TPSA) is 46.9 Å². The average Bonchev–Trinajstić information content (AvgIpc) is 3.11. The van der Waals surface area contributed by atoms with E-state index >= 15 is 0 Å². The molecule has 0 radical (unpaired) electrons. The SMILES string of the molecule is CC(NC(=O)Cc1ccc(-n2cccc2)cc1)c1ccccn1. The van der Waals surface area contributed by atoms with Crippen molar-refractivity contribution in [3.63, 3.8) is 0 Å². The van der Waals surface area contributed by atoms with Crippen LogP contribution in [-0.2, 0) is 11.2 Å². The summed E-state index contributed by atoms with van der Waals surface area (Å²) in [4.78, 5) is 16.4. The van der Waals surface area contributed by atoms with Gasteiger partial charge in [-0.05, 0) is 48.9 Å². The maximum atomic E-state index is 12.2. The number of aromatic nitrogens is 2. The summed E-state index contributed by atoms with van der Waals surface area (Å²) in [5.74, 6) is -0.00290. The molecule has 1 atom stereocenters. The fourth-order valence-electron chi connectivity index (χ4n) is 2.48. The van der Waals surface area contributed by atoms with Crippen LogP contribution in [0.3, 0.4) is 0 Å². The molecule has 0 spiro atoms. The third kappa shape index (κ3) is 3.86. The van der Waals surface area contributed by atoms with Crippen molar-refractivity contribution in [3.05, 3.63) is 84.4 Å². The molecule has 0 aliphatic carbocycles. The Labute approximate surface area is 135 Å². The Morgan fingerprint density at radius 1 is 1.09 bits per heavy atom. The van der Waals surface area contributed by atoms with E-state index in [-0.39, 0.29) is 11.9 Å². The molecule has 1 amide bonds. The van der Waals surface area contributed by atoms with Gasteiger partial charge in [-0.25, -0.2) is 0 Å². The van der Waals surface area contributed by atoms with Crippen LogP contribution >= 0.6 is 0 Å². The summed E-state index contributed by atoms with van der Waals surface area (Å²) in [7, 11) is 0. The number of benzene rings is 1. The Balaban J connectivity index is 1.60. The van der Waals surface area contributed by atoms with Gasteiger partial charge in [0.1, 0.15) is 0 Å². The van der Waals surface area contributed by atoms with Crippen molar-refractivity contribution in [1.29, 1.82) is 0 Å². The molecule has 1 unspecified atom stereocenters. The number of rotatable bonds is 5. The molecule has 1 N–H and O–H groups in total. The van der Waals surface area contributed by atoms with Gasteiger partial charge in [0.05, 0.1) is 18.2 Å². The zero-order chi connectivity index (χ0) is 16.1. The lowest BCUT2D eigenvalue weighted by Gasteiger charge is -2.13. The van der Waals surface area contributed by atoms with Crippen LogP contribution in [0.5, 0.6) is 0 Å². The van der Waals surface area contributed by atoms with E-state index in [1.165, 1.54) is 0 Å². The van der Waals surface area contributed by atoms with Crippen molar-refractivity contribution < 1.29 is 4.79 Å². The van der Waals surface area contributed by atoms with Gasteiger partial charge in [0.15, 0.2) is 0 Å². The molecule has 0 bridgehead atoms. The van der Waals surface area contributed by atoms with E-state index in [4.69, 9.17) is 0 Å². The fraction of sp³-hybridized carbons (Fsp3) is 0.158. The first-order chi connectivity index (χ1) is 11.2. The lowest BCUT2D eigenvalue weighted by Crippen LogP contribution is -2.28. The van der Waals surface area contributed by atoms with Gasteiger partial charge in [-0.15, -0.1) is 0 Å². The van der Waals surface area contributed by atoms with Crippen molar-refractivity contribution in [2.45, 2.75) is 19.4 Å². The normalized spacial score (nSPS) is 11.9. The van der Waals surface area contributed by atoms with Gasteiger partial charge in [-0.3, -0.25) is 9.78 Å². The molecule has 0 aliphatic heterocycles. The molecule has 0 saturated heterocycles. The third-order valence-electron chi connectivity index (χ3n) is 3.71. The molecular weight excluding hydrogens is 286 g/mol. The van der Waals surface area contributed by atoms with Crippen LogP contribution in [0.15, 0.2) is 73.2 Å². The molecular formula is C19H19N3O. The van der Waals surface area contributed by atoms with Gasteiger partial charge in [-0.1, -0.05) is 18.2 Å². The van der Waals surface area contributed by atoms with Crippen LogP contribution in [0.4, 0.5) is 0 Å². The fourth-order valence-corrected chi connectivity index (χ4v) is 2.48. The second-order valence-corrected chi connectivity index (χ2v) is 5.48. The maximum absolute atomic E-state index is 12.2. The summed E-state index contributed by atoms with van der Waals surface area (Å²) >= 11 is 0. The Hall–Kier alpha value is -2.88. The molecule has 0 saturated carbocycles. The predicted octanol–water partition coefficient (Wildman–Crippen LogP) is 3.29. The molecule has 2 aromatic heterocycles. The van der Waals surface area contributed by atoms with Gasteiger partial charge < -0.3 is 9.88 Å². The molecule has 2 heterocycles. The Kier molecular flexibility index (Phi) is 4.52. The number of hydrogen-bond donors (Lipinski definition) is 1. The van der Waals surface area contributed by atoms with E-state index in [2.05, 4.69) is 10.3 Å². The van der Waals surface area contributed by atoms with Crippen molar-refractivity contribution in [1.82, 2.24) is 14.9 Å². The Morgan fingerprint density at radius 2 is 1.83 bits per heavy atom. The van der Waals surface area contributed by atoms with Gasteiger partial charge in [0.25, 0.3) is 0 Å². The number of carbonyl (C=O) groups excluding carboxylic acids is 1. The first-order valence-electron chi connectivity index (χ1n) is 7.65. The highest BCUT2D eigenvalue weighted by Gasteiger charge is 2.10. The molecule has 0 fully saturated rings. The largest absolute Gasteiger partial charge is 0.348 e. The molecule has 3 aromatic rings. The maximum Gasteiger partial charge on any atom is 0.224 e. The van der Waals surface area contributed by atoms with Crippen LogP contribution in [-0.4, -0.2) is 15.5 Å². The highest BCUT2D eigenvalue weighted by Crippen LogP contribution is 2.12. The highest BCUT2D eigenvalue weighted by molar-refractivity contribution is 5.79. The van der Waals surface area contributed by atoms with E-state index in [0.717, 1.165) is 16.9 Å². The molecule has 116 valence electrons. The summed E-state index contributed by atoms with van der Waals surface area (Å²) < 4.78 is 2.03. The summed E-state index contributed by atoms with van der Waals surface area (Å²) in [6.07, 6.45) is 6.09. The van der Waals surface area contributed by atoms with Crippen molar-refractivity contribution >= 4 is 5.91 Å². The number of nitrogens with zero attached hydrogens (tertiary/aromatic N) is 2. The Morgan fingerprint density at radius 3 is 2.48 bits per heavy atom. The zero-order valence-electron chi connectivity index (χ0n) is 13.0. The van der Waals surface area contributed by atoms with E-state index in [1.54, 1.807) is 6.20 Å². The first kappa shape index (κ1) is 15.0. The van der Waals surface area contributed by atoms with Crippen molar-refractivity contribution in [2.24, 2.45) is 0 Å². The predicted molar refractivity (Wildman–Crippen MR) is 90.3 cm³/mol. The van der Waals surface area contributed by atoms with Crippen LogP contribution in [0, 0.1) is 0 Å². The van der Waals surface area contributed by atoms with Gasteiger partial charge in [0.2, 0.25) is 5.91 Å². The van der Waals surface area contributed by atoms with Gasteiger partial charge in [0, 0.05) is 24.3 Å². The van der Waals surface area contributed by atoms with Gasteiger partial charge >= 0.3 is 0 Å². The third-order valence-corrected chi connectivity index (χ3v) is 3.71. The molecule has 1 aromatic carbocycles. The molecule has 3 rings (SSSR count). The lowest BCUT2D eigenvalue weighted by molar-refractivity contribution is -0.121. The van der Waals surface area contributed by atoms with E-state index < -0.39 is 0 Å². The van der Waals surface area contributed by atoms with Crippen molar-refractivity contribution in [3.8, 4) is 5.69 Å². The number of pyridine rings is 1. The molecule has 4 heteroatoms. The van der Waals surface area contributed by atoms with Crippen LogP contribution in [0.25, 0.3) is 5.69 Å². The minimum Gasteiger partial charge on any atom is -0.348 e. The van der Waals surface area contributed by atoms with Gasteiger partial charge in [-0.2, -0.15) is 0 Å². The quantitative estimate of drug-likeness (QED) is 0.786. The number of amides is 1. The minimum atomic E-state index is -0.0946. The number of hydrogen-bond acceptors (Lipinski definition) is 2. The van der Waals surface area contributed by atoms with E-state index in [0.29, 0.717) is 6.42 Å². The molecule has 23 heavy (non-hydrogen) atoms. The minimum absolute atomic E-state index is 0.00290. The molecule has 4 nitrogen and oxygen atoms in total. The smallest absolute Gasteiger partial charge is 0.224 e. The first-order valence-corrected chi connectivity index (χ1v) is 7.65. The zero-order valence-corrected chi connectivity index (χ0v) is 13.0. The lowest BCUT2D eigenvalue weighted by atomic mass is 10.1. The summed E-state index contributed by atoms with van der Waals surface area (Å²) in [6, 6.07) is 17.6. The van der Waals surface area contributed by atoms with Crippen LogP contribution in [0.1, 0.15) is 24.2 Å². The summed E-state index contributed by atoms with van der Waals surface area (Å²) in [5, 5.41) is 2.98. The van der Waals surface area contributed by atoms with Crippen LogP contribution in [0.2, 0.25) is 0 Å². The number of carbonyl (C=O) groups is 1. The van der Waals surface area contributed by atoms with Crippen molar-refractivity contribution in [2.75, 3.05) is 0 Å². The standard InChI is InChI=1S/C19H19N3O/c1-15(18-6-2-3-11-20-18)21-19(23)14-16-7-9-17(10-8-16)22-12-4-5-13-22/h2-13,15H,14H2,1H3,(H,21,23). The average molecular weight is 305 g/mol. The van der Waals surface area contributed by atoms with E-state index in [9.17, 15) is 4.79 Å². The monoisotopic (exact) mass is 305 g/mol. The number of nitrogens with one attached hydrogen (secondary N) is 1. The summed E-state index contributed by atoms with van der Waals surface area (Å²) in [6.45, 7) is 1.94. The summed E-state index contributed by atoms with van der Waals surface area (Å²) in [5.41, 5.74) is 2.94.